The van der Waals surface area contributed by atoms with Crippen molar-refractivity contribution in [2.75, 3.05) is 11.0 Å². The normalized spacial score (nSPS) is 36.2. The first-order chi connectivity index (χ1) is 9.66. The third-order valence-electron chi connectivity index (χ3n) is 5.00. The molecule has 112 valence electrons. The summed E-state index contributed by atoms with van der Waals surface area (Å²) in [5, 5.41) is 13.0. The molecular weight excluding hydrogens is 369 g/mol. The Morgan fingerprint density at radius 1 is 1.45 bits per heavy atom. The summed E-state index contributed by atoms with van der Waals surface area (Å²) in [7, 11) is 0. The van der Waals surface area contributed by atoms with E-state index in [1.165, 1.54) is 31.3 Å². The summed E-state index contributed by atoms with van der Waals surface area (Å²) in [4.78, 5) is 11.3. The fourth-order valence-electron chi connectivity index (χ4n) is 4.17. The predicted molar refractivity (Wildman–Crippen MR) is 85.0 cm³/mol. The first kappa shape index (κ1) is 14.6. The summed E-state index contributed by atoms with van der Waals surface area (Å²) >= 11 is 2.32. The van der Waals surface area contributed by atoms with Crippen LogP contribution in [0.5, 0.6) is 0 Å². The maximum atomic E-state index is 11.3. The zero-order valence-electron chi connectivity index (χ0n) is 11.7. The number of halogens is 1. The second-order valence-corrected chi connectivity index (χ2v) is 7.22. The fraction of sp³-hybridized carbons (Fsp3) is 0.800. The average Bonchev–Trinajstić information content (AvgIpc) is 2.79. The van der Waals surface area contributed by atoms with E-state index >= 15 is 0 Å². The molecular formula is C15H22INO3. The molecule has 0 radical (unpaired) electrons. The van der Waals surface area contributed by atoms with Crippen molar-refractivity contribution in [1.29, 1.82) is 0 Å². The molecule has 0 saturated heterocycles. The van der Waals surface area contributed by atoms with Gasteiger partial charge in [0.25, 0.3) is 0 Å². The lowest BCUT2D eigenvalue weighted by Gasteiger charge is -2.38. The Hall–Kier alpha value is -0.300. The summed E-state index contributed by atoms with van der Waals surface area (Å²) in [5.74, 6) is -0.134. The Labute approximate surface area is 133 Å². The second-order valence-electron chi connectivity index (χ2n) is 6.14. The van der Waals surface area contributed by atoms with Crippen molar-refractivity contribution in [3.8, 4) is 0 Å². The molecule has 5 heteroatoms. The van der Waals surface area contributed by atoms with Crippen LogP contribution in [0.1, 0.15) is 44.9 Å². The second kappa shape index (κ2) is 5.83. The van der Waals surface area contributed by atoms with Gasteiger partial charge < -0.3 is 15.2 Å². The molecule has 0 aromatic heterocycles. The summed E-state index contributed by atoms with van der Waals surface area (Å²) in [6, 6.07) is 0.526. The van der Waals surface area contributed by atoms with Gasteiger partial charge in [-0.25, -0.2) is 0 Å². The molecule has 3 aliphatic rings. The highest BCUT2D eigenvalue weighted by Crippen LogP contribution is 2.46. The van der Waals surface area contributed by atoms with Crippen LogP contribution in [0.3, 0.4) is 0 Å². The van der Waals surface area contributed by atoms with Gasteiger partial charge in [-0.05, 0) is 31.3 Å². The Morgan fingerprint density at radius 3 is 3.00 bits per heavy atom. The van der Waals surface area contributed by atoms with Crippen LogP contribution in [-0.2, 0) is 9.53 Å². The van der Waals surface area contributed by atoms with Crippen LogP contribution >= 0.6 is 22.6 Å². The van der Waals surface area contributed by atoms with E-state index in [4.69, 9.17) is 4.74 Å². The number of ether oxygens (including phenoxy) is 1. The van der Waals surface area contributed by atoms with Crippen molar-refractivity contribution in [1.82, 2.24) is 5.32 Å². The lowest BCUT2D eigenvalue weighted by molar-refractivity contribution is -0.144. The smallest absolute Gasteiger partial charge is 0.306 e. The van der Waals surface area contributed by atoms with Crippen LogP contribution in [0.15, 0.2) is 11.3 Å². The van der Waals surface area contributed by atoms with Gasteiger partial charge >= 0.3 is 5.97 Å². The SMILES string of the molecule is O=C(O)CC1(CCI)OCCC2=C1NC1CCCCC21. The summed E-state index contributed by atoms with van der Waals surface area (Å²) < 4.78 is 6.95. The third-order valence-corrected chi connectivity index (χ3v) is 5.54. The van der Waals surface area contributed by atoms with E-state index in [1.54, 1.807) is 0 Å². The number of nitrogens with one attached hydrogen (secondary N) is 1. The van der Waals surface area contributed by atoms with Crippen molar-refractivity contribution < 1.29 is 14.6 Å². The van der Waals surface area contributed by atoms with Crippen LogP contribution in [0.2, 0.25) is 0 Å². The number of fused-ring (bicyclic) bond motifs is 2. The number of rotatable bonds is 4. The minimum atomic E-state index is -0.764. The Morgan fingerprint density at radius 2 is 2.25 bits per heavy atom. The first-order valence-electron chi connectivity index (χ1n) is 7.58. The van der Waals surface area contributed by atoms with Gasteiger partial charge in [0.15, 0.2) is 0 Å². The molecule has 1 saturated carbocycles. The topological polar surface area (TPSA) is 58.6 Å². The van der Waals surface area contributed by atoms with Gasteiger partial charge in [-0.2, -0.15) is 0 Å². The van der Waals surface area contributed by atoms with E-state index in [0.29, 0.717) is 18.6 Å². The highest BCUT2D eigenvalue weighted by molar-refractivity contribution is 14.1. The van der Waals surface area contributed by atoms with Gasteiger partial charge in [0.1, 0.15) is 5.60 Å². The fourth-order valence-corrected chi connectivity index (χ4v) is 5.04. The quantitative estimate of drug-likeness (QED) is 0.572. The van der Waals surface area contributed by atoms with E-state index in [2.05, 4.69) is 27.9 Å². The van der Waals surface area contributed by atoms with Gasteiger partial charge in [0, 0.05) is 22.1 Å². The summed E-state index contributed by atoms with van der Waals surface area (Å²) in [6.45, 7) is 0.674. The van der Waals surface area contributed by atoms with E-state index < -0.39 is 11.6 Å². The van der Waals surface area contributed by atoms with Crippen molar-refractivity contribution in [2.24, 2.45) is 5.92 Å². The zero-order chi connectivity index (χ0) is 14.2. The molecule has 0 spiro atoms. The minimum absolute atomic E-state index is 0.0846. The molecule has 0 amide bonds. The molecule has 0 bridgehead atoms. The van der Waals surface area contributed by atoms with Crippen molar-refractivity contribution in [3.63, 3.8) is 0 Å². The highest BCUT2D eigenvalue weighted by atomic mass is 127. The maximum Gasteiger partial charge on any atom is 0.306 e. The van der Waals surface area contributed by atoms with Crippen LogP contribution in [-0.4, -0.2) is 33.8 Å². The van der Waals surface area contributed by atoms with E-state index in [1.807, 2.05) is 0 Å². The molecule has 1 aliphatic carbocycles. The van der Waals surface area contributed by atoms with Crippen molar-refractivity contribution in [2.45, 2.75) is 56.6 Å². The molecule has 3 rings (SSSR count). The summed E-state index contributed by atoms with van der Waals surface area (Å²) in [6.07, 6.45) is 6.90. The number of carboxylic acids is 1. The molecule has 3 unspecified atom stereocenters. The van der Waals surface area contributed by atoms with Gasteiger partial charge in [0.05, 0.1) is 13.0 Å². The van der Waals surface area contributed by atoms with E-state index in [9.17, 15) is 9.90 Å². The maximum absolute atomic E-state index is 11.3. The lowest BCUT2D eigenvalue weighted by atomic mass is 9.78. The molecule has 1 fully saturated rings. The molecule has 2 aliphatic heterocycles. The monoisotopic (exact) mass is 391 g/mol. The molecule has 20 heavy (non-hydrogen) atoms. The Bertz CT molecular complexity index is 437. The number of hydrogen-bond donors (Lipinski definition) is 2. The zero-order valence-corrected chi connectivity index (χ0v) is 13.8. The van der Waals surface area contributed by atoms with E-state index in [-0.39, 0.29) is 6.42 Å². The largest absolute Gasteiger partial charge is 0.481 e. The van der Waals surface area contributed by atoms with Gasteiger partial charge in [0.2, 0.25) is 0 Å². The molecule has 3 atom stereocenters. The highest BCUT2D eigenvalue weighted by Gasteiger charge is 2.48. The van der Waals surface area contributed by atoms with Gasteiger partial charge in [-0.1, -0.05) is 35.4 Å². The standard InChI is InChI=1S/C15H22INO3/c16-7-6-15(9-13(18)19)14-11(5-8-20-15)10-3-1-2-4-12(10)17-14/h10,12,17H,1-9H2,(H,18,19). The van der Waals surface area contributed by atoms with Crippen molar-refractivity contribution in [3.05, 3.63) is 11.3 Å². The van der Waals surface area contributed by atoms with Crippen molar-refractivity contribution >= 4 is 28.6 Å². The van der Waals surface area contributed by atoms with E-state index in [0.717, 1.165) is 23.0 Å². The van der Waals surface area contributed by atoms with Gasteiger partial charge in [-0.3, -0.25) is 4.79 Å². The number of aliphatic carboxylic acids is 1. The van der Waals surface area contributed by atoms with Gasteiger partial charge in [-0.15, -0.1) is 0 Å². The first-order valence-corrected chi connectivity index (χ1v) is 9.10. The Balaban J connectivity index is 1.94. The third kappa shape index (κ3) is 2.47. The molecule has 0 aromatic carbocycles. The minimum Gasteiger partial charge on any atom is -0.481 e. The molecule has 2 heterocycles. The molecule has 0 aromatic rings. The number of alkyl halides is 1. The van der Waals surface area contributed by atoms with Crippen LogP contribution in [0.4, 0.5) is 0 Å². The predicted octanol–water partition coefficient (Wildman–Crippen LogP) is 2.86. The Kier molecular flexibility index (Phi) is 4.26. The summed E-state index contributed by atoms with van der Waals surface area (Å²) in [5.41, 5.74) is 2.02. The number of hydrogen-bond acceptors (Lipinski definition) is 3. The average molecular weight is 391 g/mol. The van der Waals surface area contributed by atoms with Crippen LogP contribution in [0.25, 0.3) is 0 Å². The number of carbonyl (C=O) groups is 1. The number of carboxylic acid groups (broad SMARTS) is 1. The van der Waals surface area contributed by atoms with Crippen LogP contribution < -0.4 is 5.32 Å². The lowest BCUT2D eigenvalue weighted by Crippen LogP contribution is -2.45. The molecule has 2 N–H and O–H groups in total. The van der Waals surface area contributed by atoms with Crippen LogP contribution in [0, 0.1) is 5.92 Å². The molecule has 4 nitrogen and oxygen atoms in total.